The van der Waals surface area contributed by atoms with Gasteiger partial charge in [0.1, 0.15) is 12.7 Å². The van der Waals surface area contributed by atoms with E-state index in [2.05, 4.69) is 20.7 Å². The van der Waals surface area contributed by atoms with Crippen LogP contribution in [0.2, 0.25) is 5.02 Å². The van der Waals surface area contributed by atoms with Crippen LogP contribution in [0.4, 0.5) is 5.69 Å². The van der Waals surface area contributed by atoms with E-state index >= 15 is 0 Å². The summed E-state index contributed by atoms with van der Waals surface area (Å²) in [6, 6.07) is 14.6. The van der Waals surface area contributed by atoms with Crippen molar-refractivity contribution in [1.82, 2.24) is 20.1 Å². The Kier molecular flexibility index (Phi) is 5.31. The molecule has 1 aliphatic rings. The molecule has 2 N–H and O–H groups in total. The second-order valence-electron chi connectivity index (χ2n) is 7.06. The maximum absolute atomic E-state index is 12.8. The summed E-state index contributed by atoms with van der Waals surface area (Å²) in [5.41, 5.74) is 1.85. The van der Waals surface area contributed by atoms with Crippen LogP contribution in [0.15, 0.2) is 61.2 Å². The van der Waals surface area contributed by atoms with E-state index in [-0.39, 0.29) is 18.4 Å². The van der Waals surface area contributed by atoms with Gasteiger partial charge in [0.15, 0.2) is 0 Å². The van der Waals surface area contributed by atoms with E-state index in [1.807, 2.05) is 24.3 Å². The van der Waals surface area contributed by atoms with Crippen LogP contribution in [-0.2, 0) is 15.0 Å². The number of nitrogens with zero attached hydrogens (tertiary/aromatic N) is 3. The molecule has 0 atom stereocenters. The third-order valence-corrected chi connectivity index (χ3v) is 5.53. The smallest absolute Gasteiger partial charge is 0.243 e. The average Bonchev–Trinajstić information content (AvgIpc) is 3.22. The van der Waals surface area contributed by atoms with Gasteiger partial charge in [0, 0.05) is 10.7 Å². The van der Waals surface area contributed by atoms with Crippen LogP contribution in [0.3, 0.4) is 0 Å². The van der Waals surface area contributed by atoms with Gasteiger partial charge in [-0.25, -0.2) is 9.67 Å². The highest BCUT2D eigenvalue weighted by Crippen LogP contribution is 2.44. The van der Waals surface area contributed by atoms with Crippen LogP contribution >= 0.6 is 11.6 Å². The molecule has 1 heterocycles. The summed E-state index contributed by atoms with van der Waals surface area (Å²) in [5.74, 6) is -0.403. The fourth-order valence-electron chi connectivity index (χ4n) is 3.52. The van der Waals surface area contributed by atoms with Gasteiger partial charge >= 0.3 is 0 Å². The third-order valence-electron chi connectivity index (χ3n) is 5.28. The van der Waals surface area contributed by atoms with E-state index in [1.54, 1.807) is 35.3 Å². The minimum Gasteiger partial charge on any atom is -0.346 e. The number of carbonyl (C=O) groups is 2. The number of hydrogen-bond acceptors (Lipinski definition) is 4. The van der Waals surface area contributed by atoms with Crippen molar-refractivity contribution in [1.29, 1.82) is 0 Å². The molecule has 3 aromatic rings. The van der Waals surface area contributed by atoms with E-state index < -0.39 is 5.41 Å². The molecule has 0 saturated heterocycles. The number of amides is 2. The number of hydrogen-bond donors (Lipinski definition) is 2. The Morgan fingerprint density at radius 1 is 1.07 bits per heavy atom. The number of anilines is 1. The van der Waals surface area contributed by atoms with E-state index in [9.17, 15) is 9.59 Å². The zero-order valence-corrected chi connectivity index (χ0v) is 16.4. The lowest BCUT2D eigenvalue weighted by molar-refractivity contribution is -0.131. The lowest BCUT2D eigenvalue weighted by Crippen LogP contribution is -2.50. The minimum atomic E-state index is -0.565. The van der Waals surface area contributed by atoms with Crippen molar-refractivity contribution in [2.45, 2.75) is 24.7 Å². The van der Waals surface area contributed by atoms with Gasteiger partial charge in [0.25, 0.3) is 0 Å². The largest absolute Gasteiger partial charge is 0.346 e. The van der Waals surface area contributed by atoms with E-state index in [4.69, 9.17) is 11.6 Å². The van der Waals surface area contributed by atoms with E-state index in [1.165, 1.54) is 6.33 Å². The second kappa shape index (κ2) is 8.05. The maximum Gasteiger partial charge on any atom is 0.243 e. The summed E-state index contributed by atoms with van der Waals surface area (Å²) in [6.07, 6.45) is 5.58. The lowest BCUT2D eigenvalue weighted by Gasteiger charge is -2.40. The summed E-state index contributed by atoms with van der Waals surface area (Å²) < 4.78 is 1.63. The van der Waals surface area contributed by atoms with Gasteiger partial charge in [-0.05, 0) is 54.8 Å². The first kappa shape index (κ1) is 19.1. The molecule has 0 unspecified atom stereocenters. The minimum absolute atomic E-state index is 0.0843. The highest BCUT2D eigenvalue weighted by molar-refractivity contribution is 6.30. The van der Waals surface area contributed by atoms with Crippen LogP contribution in [0.5, 0.6) is 0 Å². The van der Waals surface area contributed by atoms with Crippen molar-refractivity contribution in [2.24, 2.45) is 0 Å². The first-order valence-corrected chi connectivity index (χ1v) is 9.74. The molecule has 2 aromatic carbocycles. The summed E-state index contributed by atoms with van der Waals surface area (Å²) >= 11 is 5.96. The molecular weight excluding hydrogens is 390 g/mol. The standard InChI is InChI=1S/C21H20ClN5O2/c22-16-4-2-15(3-5-16)21(10-1-11-21)20(29)24-12-19(28)26-17-6-8-18(9-7-17)27-14-23-13-25-27/h2-9,13-14H,1,10-12H2,(H,24,29)(H,26,28). The molecule has 0 bridgehead atoms. The van der Waals surface area contributed by atoms with Crippen LogP contribution in [0.25, 0.3) is 5.69 Å². The number of aromatic nitrogens is 3. The quantitative estimate of drug-likeness (QED) is 0.654. The van der Waals surface area contributed by atoms with Crippen molar-refractivity contribution >= 4 is 29.1 Å². The van der Waals surface area contributed by atoms with Gasteiger partial charge in [-0.3, -0.25) is 9.59 Å². The molecule has 1 saturated carbocycles. The number of rotatable bonds is 6. The molecule has 2 amide bonds. The SMILES string of the molecule is O=C(CNC(=O)C1(c2ccc(Cl)cc2)CCC1)Nc1ccc(-n2cncn2)cc1. The van der Waals surface area contributed by atoms with Crippen molar-refractivity contribution < 1.29 is 9.59 Å². The molecule has 1 fully saturated rings. The highest BCUT2D eigenvalue weighted by atomic mass is 35.5. The molecular formula is C21H20ClN5O2. The molecule has 148 valence electrons. The fourth-order valence-corrected chi connectivity index (χ4v) is 3.65. The number of benzene rings is 2. The van der Waals surface area contributed by atoms with Crippen molar-refractivity contribution in [2.75, 3.05) is 11.9 Å². The number of nitrogens with one attached hydrogen (secondary N) is 2. The van der Waals surface area contributed by atoms with Gasteiger partial charge < -0.3 is 10.6 Å². The number of carbonyl (C=O) groups excluding carboxylic acids is 2. The van der Waals surface area contributed by atoms with Crippen LogP contribution in [0, 0.1) is 0 Å². The Morgan fingerprint density at radius 2 is 1.79 bits per heavy atom. The molecule has 0 radical (unpaired) electrons. The Morgan fingerprint density at radius 3 is 2.38 bits per heavy atom. The lowest BCUT2D eigenvalue weighted by atomic mass is 9.64. The molecule has 0 aliphatic heterocycles. The first-order valence-electron chi connectivity index (χ1n) is 9.36. The zero-order chi connectivity index (χ0) is 20.3. The molecule has 0 spiro atoms. The van der Waals surface area contributed by atoms with Crippen LogP contribution in [-0.4, -0.2) is 33.1 Å². The van der Waals surface area contributed by atoms with Gasteiger partial charge in [0.05, 0.1) is 17.6 Å². The normalized spacial score (nSPS) is 14.7. The van der Waals surface area contributed by atoms with E-state index in [0.717, 1.165) is 30.5 Å². The van der Waals surface area contributed by atoms with Crippen molar-refractivity contribution in [3.63, 3.8) is 0 Å². The monoisotopic (exact) mass is 409 g/mol. The maximum atomic E-state index is 12.8. The molecule has 1 aliphatic carbocycles. The predicted molar refractivity (Wildman–Crippen MR) is 110 cm³/mol. The summed E-state index contributed by atoms with van der Waals surface area (Å²) in [6.45, 7) is -0.0843. The highest BCUT2D eigenvalue weighted by Gasteiger charge is 2.45. The number of halogens is 1. The summed E-state index contributed by atoms with van der Waals surface area (Å²) in [7, 11) is 0. The van der Waals surface area contributed by atoms with Crippen molar-refractivity contribution in [3.8, 4) is 5.69 Å². The summed E-state index contributed by atoms with van der Waals surface area (Å²) in [4.78, 5) is 29.0. The Labute approximate surface area is 173 Å². The van der Waals surface area contributed by atoms with Gasteiger partial charge in [-0.1, -0.05) is 30.2 Å². The molecule has 8 heteroatoms. The molecule has 4 rings (SSSR count). The Hall–Kier alpha value is -3.19. The predicted octanol–water partition coefficient (Wildman–Crippen LogP) is 3.10. The zero-order valence-electron chi connectivity index (χ0n) is 15.6. The molecule has 7 nitrogen and oxygen atoms in total. The van der Waals surface area contributed by atoms with Gasteiger partial charge in [-0.2, -0.15) is 5.10 Å². The van der Waals surface area contributed by atoms with Crippen LogP contribution < -0.4 is 10.6 Å². The average molecular weight is 410 g/mol. The first-order chi connectivity index (χ1) is 14.1. The fraction of sp³-hybridized carbons (Fsp3) is 0.238. The topological polar surface area (TPSA) is 88.9 Å². The Bertz CT molecular complexity index is 997. The van der Waals surface area contributed by atoms with Crippen LogP contribution in [0.1, 0.15) is 24.8 Å². The Balaban J connectivity index is 1.34. The molecule has 1 aromatic heterocycles. The van der Waals surface area contributed by atoms with Gasteiger partial charge in [-0.15, -0.1) is 0 Å². The molecule has 29 heavy (non-hydrogen) atoms. The van der Waals surface area contributed by atoms with Gasteiger partial charge in [0.2, 0.25) is 11.8 Å². The second-order valence-corrected chi connectivity index (χ2v) is 7.50. The summed E-state index contributed by atoms with van der Waals surface area (Å²) in [5, 5.41) is 10.3. The van der Waals surface area contributed by atoms with Crippen molar-refractivity contribution in [3.05, 3.63) is 71.8 Å². The third kappa shape index (κ3) is 4.00. The van der Waals surface area contributed by atoms with E-state index in [0.29, 0.717) is 10.7 Å².